The first kappa shape index (κ1) is 18.8. The summed E-state index contributed by atoms with van der Waals surface area (Å²) >= 11 is 0. The van der Waals surface area contributed by atoms with E-state index in [1.54, 1.807) is 0 Å². The molecule has 0 aliphatic carbocycles. The molecule has 0 amide bonds. The summed E-state index contributed by atoms with van der Waals surface area (Å²) in [4.78, 5) is 0. The van der Waals surface area contributed by atoms with Crippen LogP contribution in [0.25, 0.3) is 55.1 Å². The highest BCUT2D eigenvalue weighted by atomic mass is 16.3. The Balaban J connectivity index is 1.57. The van der Waals surface area contributed by atoms with E-state index in [0.29, 0.717) is 0 Å². The van der Waals surface area contributed by atoms with Crippen LogP contribution in [0.3, 0.4) is 0 Å². The largest absolute Gasteiger partial charge is 0.456 e. The lowest BCUT2D eigenvalue weighted by molar-refractivity contribution is -0.660. The van der Waals surface area contributed by atoms with Gasteiger partial charge in [-0.25, -0.2) is 4.57 Å². The summed E-state index contributed by atoms with van der Waals surface area (Å²) in [5.74, 6) is 0. The molecule has 0 radical (unpaired) electrons. The highest BCUT2D eigenvalue weighted by Crippen LogP contribution is 2.36. The number of hydrogen-bond acceptors (Lipinski definition) is 1. The van der Waals surface area contributed by atoms with Gasteiger partial charge in [0.15, 0.2) is 6.20 Å². The van der Waals surface area contributed by atoms with Gasteiger partial charge in [-0.15, -0.1) is 0 Å². The minimum absolute atomic E-state index is 0.928. The second-order valence-corrected chi connectivity index (χ2v) is 8.74. The van der Waals surface area contributed by atoms with Crippen molar-refractivity contribution in [3.63, 3.8) is 0 Å². The molecule has 2 heteroatoms. The number of aromatic nitrogens is 1. The van der Waals surface area contributed by atoms with Gasteiger partial charge in [0, 0.05) is 22.9 Å². The molecule has 4 aromatic carbocycles. The predicted octanol–water partition coefficient (Wildman–Crippen LogP) is 7.51. The van der Waals surface area contributed by atoms with Crippen LogP contribution in [0, 0.1) is 13.8 Å². The van der Waals surface area contributed by atoms with Crippen molar-refractivity contribution in [2.24, 2.45) is 7.05 Å². The second-order valence-electron chi connectivity index (χ2n) is 8.74. The molecule has 0 spiro atoms. The van der Waals surface area contributed by atoms with Crippen LogP contribution in [0.4, 0.5) is 0 Å². The minimum Gasteiger partial charge on any atom is -0.456 e. The summed E-state index contributed by atoms with van der Waals surface area (Å²) in [5, 5.41) is 4.81. The van der Waals surface area contributed by atoms with Crippen LogP contribution in [-0.2, 0) is 7.05 Å². The third-order valence-corrected chi connectivity index (χ3v) is 6.46. The minimum atomic E-state index is 0.928. The molecule has 2 nitrogen and oxygen atoms in total. The normalized spacial score (nSPS) is 11.6. The summed E-state index contributed by atoms with van der Waals surface area (Å²) in [6, 6.07) is 30.4. The summed E-state index contributed by atoms with van der Waals surface area (Å²) in [5.41, 5.74) is 9.18. The van der Waals surface area contributed by atoms with Crippen molar-refractivity contribution in [1.29, 1.82) is 0 Å². The number of fused-ring (bicyclic) bond motifs is 4. The quantitative estimate of drug-likeness (QED) is 0.268. The van der Waals surface area contributed by atoms with Crippen molar-refractivity contribution in [3.8, 4) is 22.4 Å². The molecule has 0 saturated carbocycles. The van der Waals surface area contributed by atoms with Crippen molar-refractivity contribution < 1.29 is 8.98 Å². The van der Waals surface area contributed by atoms with E-state index in [9.17, 15) is 0 Å². The number of nitrogens with zero attached hydrogens (tertiary/aromatic N) is 1. The van der Waals surface area contributed by atoms with Gasteiger partial charge in [0.1, 0.15) is 18.2 Å². The van der Waals surface area contributed by atoms with E-state index in [-0.39, 0.29) is 0 Å². The fourth-order valence-corrected chi connectivity index (χ4v) is 4.72. The van der Waals surface area contributed by atoms with Gasteiger partial charge in [0.2, 0.25) is 5.69 Å². The number of aryl methyl sites for hydroxylation is 3. The lowest BCUT2D eigenvalue weighted by atomic mass is 9.98. The third kappa shape index (κ3) is 2.99. The molecule has 0 aliphatic rings. The van der Waals surface area contributed by atoms with Gasteiger partial charge in [-0.2, -0.15) is 0 Å². The smallest absolute Gasteiger partial charge is 0.213 e. The van der Waals surface area contributed by atoms with Crippen LogP contribution in [0.1, 0.15) is 11.1 Å². The monoisotopic (exact) mass is 414 g/mol. The van der Waals surface area contributed by atoms with Gasteiger partial charge < -0.3 is 4.42 Å². The SMILES string of the molecule is Cc1ccc2cc3oc4cc(-c5cc(-c6ccccc6)cc[n+]5C)c(C)cc4c3cc2c1. The van der Waals surface area contributed by atoms with Gasteiger partial charge in [-0.05, 0) is 65.6 Å². The molecule has 0 atom stereocenters. The lowest BCUT2D eigenvalue weighted by Gasteiger charge is -2.07. The number of pyridine rings is 1. The van der Waals surface area contributed by atoms with Crippen molar-refractivity contribution >= 4 is 32.7 Å². The molecule has 2 heterocycles. The van der Waals surface area contributed by atoms with Gasteiger partial charge in [0.25, 0.3) is 0 Å². The Morgan fingerprint density at radius 3 is 2.28 bits per heavy atom. The van der Waals surface area contributed by atoms with Crippen LogP contribution in [0.15, 0.2) is 95.5 Å². The number of benzene rings is 4. The van der Waals surface area contributed by atoms with Crippen LogP contribution >= 0.6 is 0 Å². The Labute approximate surface area is 187 Å². The molecule has 0 fully saturated rings. The Morgan fingerprint density at radius 2 is 1.44 bits per heavy atom. The molecular weight excluding hydrogens is 390 g/mol. The van der Waals surface area contributed by atoms with Gasteiger partial charge in [-0.3, -0.25) is 0 Å². The molecule has 6 aromatic rings. The van der Waals surface area contributed by atoms with Gasteiger partial charge >= 0.3 is 0 Å². The van der Waals surface area contributed by atoms with E-state index in [2.05, 4.69) is 117 Å². The molecule has 32 heavy (non-hydrogen) atoms. The standard InChI is InChI=1S/C30H24NO/c1-19-9-10-22-17-29-27(15-24(22)13-19)26-14-20(2)25(18-30(26)32-29)28-16-23(11-12-31(28)3)21-7-5-4-6-8-21/h4-18H,1-3H3/q+1. The van der Waals surface area contributed by atoms with Crippen molar-refractivity contribution in [1.82, 2.24) is 0 Å². The van der Waals surface area contributed by atoms with E-state index in [1.165, 1.54) is 55.1 Å². The topological polar surface area (TPSA) is 17.0 Å². The Morgan fingerprint density at radius 1 is 0.656 bits per heavy atom. The average Bonchev–Trinajstić information content (AvgIpc) is 3.14. The van der Waals surface area contributed by atoms with Crippen molar-refractivity contribution in [2.75, 3.05) is 0 Å². The molecule has 6 rings (SSSR count). The lowest BCUT2D eigenvalue weighted by Crippen LogP contribution is -2.30. The molecule has 0 N–H and O–H groups in total. The summed E-state index contributed by atoms with van der Waals surface area (Å²) in [6.07, 6.45) is 2.13. The van der Waals surface area contributed by atoms with Crippen molar-refractivity contribution in [2.45, 2.75) is 13.8 Å². The molecule has 0 unspecified atom stereocenters. The highest BCUT2D eigenvalue weighted by Gasteiger charge is 2.18. The molecule has 0 aliphatic heterocycles. The van der Waals surface area contributed by atoms with E-state index in [4.69, 9.17) is 4.42 Å². The zero-order valence-electron chi connectivity index (χ0n) is 18.5. The average molecular weight is 415 g/mol. The Kier molecular flexibility index (Phi) is 4.16. The molecular formula is C30H24NO+. The maximum atomic E-state index is 6.35. The summed E-state index contributed by atoms with van der Waals surface area (Å²) in [6.45, 7) is 4.32. The van der Waals surface area contributed by atoms with Crippen LogP contribution in [0.2, 0.25) is 0 Å². The maximum absolute atomic E-state index is 6.35. The van der Waals surface area contributed by atoms with E-state index in [1.807, 2.05) is 0 Å². The van der Waals surface area contributed by atoms with Gasteiger partial charge in [-0.1, -0.05) is 54.1 Å². The second kappa shape index (κ2) is 7.06. The number of furan rings is 1. The molecule has 0 bridgehead atoms. The van der Waals surface area contributed by atoms with Crippen LogP contribution < -0.4 is 4.57 Å². The van der Waals surface area contributed by atoms with E-state index in [0.717, 1.165) is 11.2 Å². The van der Waals surface area contributed by atoms with Gasteiger partial charge in [0.05, 0.1) is 5.56 Å². The fourth-order valence-electron chi connectivity index (χ4n) is 4.72. The number of rotatable bonds is 2. The first-order valence-corrected chi connectivity index (χ1v) is 11.0. The zero-order chi connectivity index (χ0) is 21.8. The predicted molar refractivity (Wildman–Crippen MR) is 133 cm³/mol. The van der Waals surface area contributed by atoms with E-state index < -0.39 is 0 Å². The zero-order valence-corrected chi connectivity index (χ0v) is 18.5. The third-order valence-electron chi connectivity index (χ3n) is 6.46. The number of hydrogen-bond donors (Lipinski definition) is 0. The van der Waals surface area contributed by atoms with Crippen molar-refractivity contribution in [3.05, 3.63) is 102 Å². The molecule has 2 aromatic heterocycles. The molecule has 0 saturated heterocycles. The Hall–Kier alpha value is -3.91. The summed E-state index contributed by atoms with van der Waals surface area (Å²) in [7, 11) is 2.10. The van der Waals surface area contributed by atoms with Crippen LogP contribution in [-0.4, -0.2) is 0 Å². The highest BCUT2D eigenvalue weighted by molar-refractivity contribution is 6.11. The molecule has 154 valence electrons. The fraction of sp³-hybridized carbons (Fsp3) is 0.100. The Bertz CT molecular complexity index is 1640. The maximum Gasteiger partial charge on any atom is 0.213 e. The van der Waals surface area contributed by atoms with E-state index >= 15 is 0 Å². The first-order valence-electron chi connectivity index (χ1n) is 11.0. The summed E-state index contributed by atoms with van der Waals surface area (Å²) < 4.78 is 8.53. The van der Waals surface area contributed by atoms with Crippen LogP contribution in [0.5, 0.6) is 0 Å². The first-order chi connectivity index (χ1) is 15.6.